The third-order valence-electron chi connectivity index (χ3n) is 4.73. The number of nitrogens with zero attached hydrogens (tertiary/aromatic N) is 3. The van der Waals surface area contributed by atoms with Gasteiger partial charge in [0.25, 0.3) is 0 Å². The van der Waals surface area contributed by atoms with Crippen LogP contribution in [0.1, 0.15) is 15.9 Å². The van der Waals surface area contributed by atoms with Gasteiger partial charge in [-0.2, -0.15) is 4.31 Å². The molecule has 8 nitrogen and oxygen atoms in total. The minimum absolute atomic E-state index is 0.108. The number of carbonyl (C=O) groups is 2. The van der Waals surface area contributed by atoms with Crippen LogP contribution < -0.4 is 10.6 Å². The summed E-state index contributed by atoms with van der Waals surface area (Å²) in [6.45, 7) is 2.48. The Kier molecular flexibility index (Phi) is 4.81. The lowest BCUT2D eigenvalue weighted by molar-refractivity contribution is -0.117. The molecule has 0 saturated carbocycles. The SMILES string of the molecule is CN1CCN(S(=O)(=O)CCN2C(=O)Cc3cc(C(N)=O)ccc32)CC1. The molecule has 1 saturated heterocycles. The van der Waals surface area contributed by atoms with Gasteiger partial charge in [0.1, 0.15) is 0 Å². The van der Waals surface area contributed by atoms with Gasteiger partial charge < -0.3 is 15.5 Å². The zero-order valence-corrected chi connectivity index (χ0v) is 15.0. The van der Waals surface area contributed by atoms with Crippen molar-refractivity contribution in [2.75, 3.05) is 50.4 Å². The van der Waals surface area contributed by atoms with Crippen LogP contribution in [-0.4, -0.2) is 75.0 Å². The predicted molar refractivity (Wildman–Crippen MR) is 93.9 cm³/mol. The molecule has 0 radical (unpaired) electrons. The Bertz CT molecular complexity index is 800. The van der Waals surface area contributed by atoms with Gasteiger partial charge in [-0.3, -0.25) is 9.59 Å². The van der Waals surface area contributed by atoms with Crippen LogP contribution in [-0.2, 0) is 21.2 Å². The molecule has 0 bridgehead atoms. The molecule has 0 unspecified atom stereocenters. The smallest absolute Gasteiger partial charge is 0.248 e. The van der Waals surface area contributed by atoms with Gasteiger partial charge in [-0.05, 0) is 30.8 Å². The molecule has 3 rings (SSSR count). The fourth-order valence-electron chi connectivity index (χ4n) is 3.18. The maximum absolute atomic E-state index is 12.5. The molecular weight excluding hydrogens is 344 g/mol. The lowest BCUT2D eigenvalue weighted by Gasteiger charge is -2.32. The highest BCUT2D eigenvalue weighted by atomic mass is 32.2. The predicted octanol–water partition coefficient (Wildman–Crippen LogP) is -0.748. The Labute approximate surface area is 147 Å². The number of nitrogens with two attached hydrogens (primary N) is 1. The van der Waals surface area contributed by atoms with E-state index in [1.54, 1.807) is 18.2 Å². The summed E-state index contributed by atoms with van der Waals surface area (Å²) in [5.74, 6) is -0.823. The van der Waals surface area contributed by atoms with E-state index in [2.05, 4.69) is 4.90 Å². The average molecular weight is 366 g/mol. The van der Waals surface area contributed by atoms with Crippen molar-refractivity contribution in [1.82, 2.24) is 9.21 Å². The average Bonchev–Trinajstić information content (AvgIpc) is 2.87. The third-order valence-corrected chi connectivity index (χ3v) is 6.58. The monoisotopic (exact) mass is 366 g/mol. The fourth-order valence-corrected chi connectivity index (χ4v) is 4.57. The molecule has 2 N–H and O–H groups in total. The van der Waals surface area contributed by atoms with Gasteiger partial charge in [-0.1, -0.05) is 0 Å². The zero-order chi connectivity index (χ0) is 18.2. The summed E-state index contributed by atoms with van der Waals surface area (Å²) in [5.41, 5.74) is 6.97. The van der Waals surface area contributed by atoms with E-state index in [1.807, 2.05) is 7.05 Å². The number of hydrogen-bond acceptors (Lipinski definition) is 5. The molecule has 0 aromatic heterocycles. The Morgan fingerprint density at radius 1 is 1.20 bits per heavy atom. The highest BCUT2D eigenvalue weighted by molar-refractivity contribution is 7.89. The molecule has 2 aliphatic rings. The third kappa shape index (κ3) is 3.68. The molecule has 1 aromatic carbocycles. The Morgan fingerprint density at radius 3 is 2.52 bits per heavy atom. The standard InChI is InChI=1S/C16H22N4O4S/c1-18-4-6-19(7-5-18)25(23,24)9-8-20-14-3-2-12(16(17)22)10-13(14)11-15(20)21/h2-3,10H,4-9,11H2,1H3,(H2,17,22). The van der Waals surface area contributed by atoms with Crippen molar-refractivity contribution in [2.24, 2.45) is 5.73 Å². The van der Waals surface area contributed by atoms with Crippen molar-refractivity contribution in [3.63, 3.8) is 0 Å². The van der Waals surface area contributed by atoms with Crippen LogP contribution in [0.2, 0.25) is 0 Å². The minimum Gasteiger partial charge on any atom is -0.366 e. The lowest BCUT2D eigenvalue weighted by atomic mass is 10.1. The maximum atomic E-state index is 12.5. The van der Waals surface area contributed by atoms with Gasteiger partial charge >= 0.3 is 0 Å². The van der Waals surface area contributed by atoms with Crippen molar-refractivity contribution in [1.29, 1.82) is 0 Å². The summed E-state index contributed by atoms with van der Waals surface area (Å²) in [6, 6.07) is 4.81. The molecule has 1 fully saturated rings. The number of hydrogen-bond donors (Lipinski definition) is 1. The summed E-state index contributed by atoms with van der Waals surface area (Å²) in [6.07, 6.45) is 0.158. The van der Waals surface area contributed by atoms with Crippen LogP contribution in [0.5, 0.6) is 0 Å². The molecule has 9 heteroatoms. The van der Waals surface area contributed by atoms with Crippen LogP contribution in [0.25, 0.3) is 0 Å². The topological polar surface area (TPSA) is 104 Å². The first-order valence-corrected chi connectivity index (χ1v) is 9.78. The van der Waals surface area contributed by atoms with Crippen molar-refractivity contribution >= 4 is 27.5 Å². The van der Waals surface area contributed by atoms with Crippen molar-refractivity contribution in [3.05, 3.63) is 29.3 Å². The number of anilines is 1. The molecule has 136 valence electrons. The number of likely N-dealkylation sites (N-methyl/N-ethyl adjacent to an activating group) is 1. The number of fused-ring (bicyclic) bond motifs is 1. The van der Waals surface area contributed by atoms with Gasteiger partial charge in [0.05, 0.1) is 12.2 Å². The molecule has 2 amide bonds. The Balaban J connectivity index is 1.70. The van der Waals surface area contributed by atoms with Crippen LogP contribution in [0.3, 0.4) is 0 Å². The van der Waals surface area contributed by atoms with Crippen LogP contribution in [0.4, 0.5) is 5.69 Å². The van der Waals surface area contributed by atoms with E-state index in [4.69, 9.17) is 5.73 Å². The summed E-state index contributed by atoms with van der Waals surface area (Å²) in [7, 11) is -1.44. The van der Waals surface area contributed by atoms with Crippen LogP contribution in [0, 0.1) is 0 Å². The number of primary amides is 1. The largest absolute Gasteiger partial charge is 0.366 e. The number of rotatable bonds is 5. The van der Waals surface area contributed by atoms with E-state index in [0.717, 1.165) is 0 Å². The first kappa shape index (κ1) is 17.8. The molecule has 0 atom stereocenters. The van der Waals surface area contributed by atoms with E-state index in [0.29, 0.717) is 43.0 Å². The number of piperazine rings is 1. The number of amides is 2. The number of sulfonamides is 1. The quantitative estimate of drug-likeness (QED) is 0.739. The summed E-state index contributed by atoms with van der Waals surface area (Å²) in [4.78, 5) is 27.1. The highest BCUT2D eigenvalue weighted by Crippen LogP contribution is 2.29. The van der Waals surface area contributed by atoms with E-state index >= 15 is 0 Å². The second-order valence-corrected chi connectivity index (χ2v) is 8.54. The molecule has 1 aromatic rings. The zero-order valence-electron chi connectivity index (χ0n) is 14.1. The number of carbonyl (C=O) groups excluding carboxylic acids is 2. The molecular formula is C16H22N4O4S. The molecule has 2 heterocycles. The van der Waals surface area contributed by atoms with E-state index in [1.165, 1.54) is 9.21 Å². The minimum atomic E-state index is -3.40. The van der Waals surface area contributed by atoms with Crippen molar-refractivity contribution < 1.29 is 18.0 Å². The first-order chi connectivity index (χ1) is 11.8. The first-order valence-electron chi connectivity index (χ1n) is 8.17. The van der Waals surface area contributed by atoms with Crippen molar-refractivity contribution in [3.8, 4) is 0 Å². The normalized spacial score (nSPS) is 19.2. The number of benzene rings is 1. The summed E-state index contributed by atoms with van der Waals surface area (Å²) < 4.78 is 26.5. The molecule has 2 aliphatic heterocycles. The van der Waals surface area contributed by atoms with Gasteiger partial charge in [0.15, 0.2) is 0 Å². The molecule has 25 heavy (non-hydrogen) atoms. The van der Waals surface area contributed by atoms with Crippen LogP contribution in [0.15, 0.2) is 18.2 Å². The summed E-state index contributed by atoms with van der Waals surface area (Å²) in [5, 5.41) is 0. The van der Waals surface area contributed by atoms with E-state index in [-0.39, 0.29) is 24.6 Å². The van der Waals surface area contributed by atoms with Gasteiger partial charge in [-0.15, -0.1) is 0 Å². The fraction of sp³-hybridized carbons (Fsp3) is 0.500. The Morgan fingerprint density at radius 2 is 1.88 bits per heavy atom. The van der Waals surface area contributed by atoms with Crippen molar-refractivity contribution in [2.45, 2.75) is 6.42 Å². The molecule has 0 spiro atoms. The second-order valence-electron chi connectivity index (χ2n) is 6.45. The molecule has 0 aliphatic carbocycles. The highest BCUT2D eigenvalue weighted by Gasteiger charge is 2.31. The Hall–Kier alpha value is -1.97. The van der Waals surface area contributed by atoms with Gasteiger partial charge in [0, 0.05) is 44.0 Å². The maximum Gasteiger partial charge on any atom is 0.248 e. The van der Waals surface area contributed by atoms with Crippen LogP contribution >= 0.6 is 0 Å². The lowest BCUT2D eigenvalue weighted by Crippen LogP contribution is -2.48. The van der Waals surface area contributed by atoms with Gasteiger partial charge in [0.2, 0.25) is 21.8 Å². The van der Waals surface area contributed by atoms with E-state index in [9.17, 15) is 18.0 Å². The summed E-state index contributed by atoms with van der Waals surface area (Å²) >= 11 is 0. The van der Waals surface area contributed by atoms with Gasteiger partial charge in [-0.25, -0.2) is 8.42 Å². The van der Waals surface area contributed by atoms with E-state index < -0.39 is 15.9 Å². The second kappa shape index (κ2) is 6.74.